The Labute approximate surface area is 428 Å². The molecule has 0 aliphatic heterocycles. The van der Waals surface area contributed by atoms with Crippen LogP contribution in [0.1, 0.15) is 148 Å². The van der Waals surface area contributed by atoms with E-state index in [-0.39, 0.29) is 60.7 Å². The average Bonchev–Trinajstić information content (AvgIpc) is 3.34. The molecule has 6 aromatic rings. The molecule has 0 aromatic heterocycles. The molecule has 0 amide bonds. The zero-order chi connectivity index (χ0) is 50.2. The van der Waals surface area contributed by atoms with Crippen molar-refractivity contribution in [1.29, 1.82) is 0 Å². The second-order valence-corrected chi connectivity index (χ2v) is 22.1. The Morgan fingerprint density at radius 2 is 0.889 bits per heavy atom. The summed E-state index contributed by atoms with van der Waals surface area (Å²) in [6.07, 6.45) is 9.22. The van der Waals surface area contributed by atoms with Gasteiger partial charge in [0.05, 0.1) is 25.4 Å². The minimum atomic E-state index is -0.216. The van der Waals surface area contributed by atoms with Crippen LogP contribution in [0.25, 0.3) is 0 Å². The highest BCUT2D eigenvalue weighted by Gasteiger charge is 2.36. The van der Waals surface area contributed by atoms with E-state index in [0.717, 1.165) is 80.7 Å². The lowest BCUT2D eigenvalue weighted by molar-refractivity contribution is -0.119. The molecule has 4 aliphatic rings. The van der Waals surface area contributed by atoms with Gasteiger partial charge in [0.15, 0.2) is 0 Å². The third kappa shape index (κ3) is 13.0. The van der Waals surface area contributed by atoms with Crippen LogP contribution in [-0.4, -0.2) is 66.8 Å². The van der Waals surface area contributed by atoms with E-state index in [2.05, 4.69) is 187 Å². The van der Waals surface area contributed by atoms with Crippen molar-refractivity contribution in [3.63, 3.8) is 0 Å². The minimum absolute atomic E-state index is 0.0721. The Bertz CT molecular complexity index is 2660. The van der Waals surface area contributed by atoms with Crippen LogP contribution in [0.4, 0.5) is 0 Å². The van der Waals surface area contributed by atoms with Gasteiger partial charge in [-0.2, -0.15) is 0 Å². The lowest BCUT2D eigenvalue weighted by Crippen LogP contribution is -2.39. The maximum absolute atomic E-state index is 10.5. The van der Waals surface area contributed by atoms with Crippen molar-refractivity contribution in [2.45, 2.75) is 152 Å². The Hall–Kier alpha value is -5.93. The van der Waals surface area contributed by atoms with Gasteiger partial charge in [0.2, 0.25) is 0 Å². The zero-order valence-corrected chi connectivity index (χ0v) is 43.1. The summed E-state index contributed by atoms with van der Waals surface area (Å²) in [5, 5.41) is 8.92. The highest BCUT2D eigenvalue weighted by Crippen LogP contribution is 2.49. The molecule has 378 valence electrons. The number of carbonyl (C=O) groups is 1. The van der Waals surface area contributed by atoms with Gasteiger partial charge >= 0.3 is 0 Å². The van der Waals surface area contributed by atoms with Crippen molar-refractivity contribution in [1.82, 2.24) is 0 Å². The van der Waals surface area contributed by atoms with Gasteiger partial charge in [-0.05, 0) is 172 Å². The fourth-order valence-electron chi connectivity index (χ4n) is 11.2. The molecule has 8 nitrogen and oxygen atoms in total. The molecule has 6 aromatic carbocycles. The molecule has 0 unspecified atom stereocenters. The number of aliphatic hydroxyl groups excluding tert-OH is 1. The maximum Gasteiger partial charge on any atom is 0.145 e. The van der Waals surface area contributed by atoms with Crippen LogP contribution in [0.2, 0.25) is 0 Å². The van der Waals surface area contributed by atoms with E-state index < -0.39 is 0 Å². The highest BCUT2D eigenvalue weighted by atomic mass is 16.5. The number of hydrogen-bond donors (Lipinski definition) is 1. The van der Waals surface area contributed by atoms with Crippen LogP contribution in [0.5, 0.6) is 23.0 Å². The average molecular weight is 971 g/mol. The molecule has 0 bridgehead atoms. The standard InChI is InChI=1S/C32H38O4.C32H36O4/c2*1-32(2,3)36-26-14-16-30-24(19-26)11-15-29(22-7-5-4-6-8-22)31(30)23-9-12-25(13-10-23)35-28-20-27(21-28)34-18-17-33/h4-10,12-14,16,19,27-29,31,33H,11,15,17-18,20-21H2,1-3H3;4-10,12-14,16-17,19,27-29,31H,11,15,18,20-21H2,1-3H3/t2*27?,28?,29-,31+/m11/s1. The largest absolute Gasteiger partial charge is 0.490 e. The first-order valence-corrected chi connectivity index (χ1v) is 26.3. The van der Waals surface area contributed by atoms with E-state index in [1.165, 1.54) is 44.5 Å². The lowest BCUT2D eigenvalue weighted by atomic mass is 9.69. The number of aliphatic hydroxyl groups is 1. The summed E-state index contributed by atoms with van der Waals surface area (Å²) in [5.41, 5.74) is 10.5. The Balaban J connectivity index is 0.000000178. The quantitative estimate of drug-likeness (QED) is 0.0959. The van der Waals surface area contributed by atoms with Gasteiger partial charge in [0.25, 0.3) is 0 Å². The summed E-state index contributed by atoms with van der Waals surface area (Å²) < 4.78 is 35.7. The van der Waals surface area contributed by atoms with E-state index in [4.69, 9.17) is 33.5 Å². The van der Waals surface area contributed by atoms with Crippen LogP contribution < -0.4 is 18.9 Å². The summed E-state index contributed by atoms with van der Waals surface area (Å²) in [5.74, 6) is 5.09. The number of ether oxygens (including phenoxy) is 6. The van der Waals surface area contributed by atoms with Crippen molar-refractivity contribution in [3.05, 3.63) is 190 Å². The van der Waals surface area contributed by atoms with Gasteiger partial charge in [-0.25, -0.2) is 0 Å². The SMILES string of the molecule is CC(C)(C)Oc1ccc2c(c1)CC[C@H](c1ccccc1)[C@@H]2c1ccc(OC2CC(OCC=O)C2)cc1.CC(C)(C)Oc1ccc2c(c1)CC[C@H](c1ccccc1)[C@@H]2c1ccc(OC2CC(OCCO)C2)cc1. The smallest absolute Gasteiger partial charge is 0.145 e. The molecule has 4 atom stereocenters. The second kappa shape index (κ2) is 22.9. The van der Waals surface area contributed by atoms with Gasteiger partial charge in [-0.15, -0.1) is 0 Å². The number of aldehydes is 1. The Kier molecular flexibility index (Phi) is 16.2. The van der Waals surface area contributed by atoms with Crippen LogP contribution in [0.15, 0.2) is 146 Å². The molecule has 0 spiro atoms. The van der Waals surface area contributed by atoms with Gasteiger partial charge in [0.1, 0.15) is 59.3 Å². The molecule has 1 N–H and O–H groups in total. The van der Waals surface area contributed by atoms with Crippen LogP contribution in [-0.2, 0) is 27.1 Å². The van der Waals surface area contributed by atoms with Crippen molar-refractivity contribution < 1.29 is 38.3 Å². The number of rotatable bonds is 16. The first kappa shape index (κ1) is 51.0. The molecule has 0 radical (unpaired) electrons. The fraction of sp³-hybridized carbons (Fsp3) is 0.422. The summed E-state index contributed by atoms with van der Waals surface area (Å²) in [6.45, 7) is 13.2. The summed E-state index contributed by atoms with van der Waals surface area (Å²) in [4.78, 5) is 10.5. The predicted octanol–water partition coefficient (Wildman–Crippen LogP) is 13.5. The van der Waals surface area contributed by atoms with Gasteiger partial charge in [0, 0.05) is 37.5 Å². The Morgan fingerprint density at radius 1 is 0.486 bits per heavy atom. The minimum Gasteiger partial charge on any atom is -0.490 e. The molecule has 0 heterocycles. The monoisotopic (exact) mass is 971 g/mol. The van der Waals surface area contributed by atoms with E-state index in [0.29, 0.717) is 18.4 Å². The van der Waals surface area contributed by atoms with Crippen LogP contribution >= 0.6 is 0 Å². The number of hydrogen-bond acceptors (Lipinski definition) is 8. The molecule has 2 fully saturated rings. The fourth-order valence-corrected chi connectivity index (χ4v) is 11.2. The third-order valence-electron chi connectivity index (χ3n) is 14.5. The van der Waals surface area contributed by atoms with E-state index in [1.54, 1.807) is 0 Å². The normalized spacial score (nSPS) is 23.4. The van der Waals surface area contributed by atoms with Gasteiger partial charge in [-0.3, -0.25) is 0 Å². The first-order valence-electron chi connectivity index (χ1n) is 26.3. The van der Waals surface area contributed by atoms with Crippen molar-refractivity contribution >= 4 is 6.29 Å². The maximum atomic E-state index is 10.5. The molecule has 4 aliphatic carbocycles. The summed E-state index contributed by atoms with van der Waals surface area (Å²) in [7, 11) is 0. The lowest BCUT2D eigenvalue weighted by Gasteiger charge is -2.36. The van der Waals surface area contributed by atoms with Crippen LogP contribution in [0.3, 0.4) is 0 Å². The number of aryl methyl sites for hydroxylation is 2. The van der Waals surface area contributed by atoms with Gasteiger partial charge < -0.3 is 38.3 Å². The molecular formula is C64H74O8. The van der Waals surface area contributed by atoms with E-state index >= 15 is 0 Å². The van der Waals surface area contributed by atoms with Crippen molar-refractivity contribution in [2.24, 2.45) is 0 Å². The number of benzene rings is 6. The third-order valence-corrected chi connectivity index (χ3v) is 14.5. The topological polar surface area (TPSA) is 92.7 Å². The molecule has 72 heavy (non-hydrogen) atoms. The predicted molar refractivity (Wildman–Crippen MR) is 285 cm³/mol. The van der Waals surface area contributed by atoms with Crippen molar-refractivity contribution in [2.75, 3.05) is 19.8 Å². The zero-order valence-electron chi connectivity index (χ0n) is 43.1. The van der Waals surface area contributed by atoms with Crippen molar-refractivity contribution in [3.8, 4) is 23.0 Å². The number of carbonyl (C=O) groups excluding carboxylic acids is 1. The molecule has 8 heteroatoms. The Morgan fingerprint density at radius 3 is 1.28 bits per heavy atom. The highest BCUT2D eigenvalue weighted by molar-refractivity contribution is 5.51. The summed E-state index contributed by atoms with van der Waals surface area (Å²) in [6, 6.07) is 52.5. The molecule has 0 saturated heterocycles. The molecule has 10 rings (SSSR count). The van der Waals surface area contributed by atoms with Crippen LogP contribution in [0, 0.1) is 0 Å². The second-order valence-electron chi connectivity index (χ2n) is 22.1. The first-order chi connectivity index (χ1) is 34.8. The van der Waals surface area contributed by atoms with Gasteiger partial charge in [-0.1, -0.05) is 97.1 Å². The molecular weight excluding hydrogens is 897 g/mol. The van der Waals surface area contributed by atoms with E-state index in [1.807, 2.05) is 0 Å². The summed E-state index contributed by atoms with van der Waals surface area (Å²) >= 11 is 0. The molecule has 2 saturated carbocycles. The number of fused-ring (bicyclic) bond motifs is 2. The van der Waals surface area contributed by atoms with E-state index in [9.17, 15) is 4.79 Å².